The molecule has 5 N–H and O–H groups in total. The van der Waals surface area contributed by atoms with Gasteiger partial charge in [-0.3, -0.25) is 0 Å². The van der Waals surface area contributed by atoms with E-state index < -0.39 is 0 Å². The van der Waals surface area contributed by atoms with Crippen LogP contribution in [0.1, 0.15) is 12.5 Å². The second-order valence-electron chi connectivity index (χ2n) is 3.14. The van der Waals surface area contributed by atoms with E-state index in [2.05, 4.69) is 26.1 Å². The van der Waals surface area contributed by atoms with E-state index in [4.69, 9.17) is 27.8 Å². The molecule has 0 unspecified atom stereocenters. The van der Waals surface area contributed by atoms with E-state index in [0.717, 1.165) is 0 Å². The first kappa shape index (κ1) is 14.6. The van der Waals surface area contributed by atoms with Gasteiger partial charge in [0.2, 0.25) is 5.96 Å². The maximum absolute atomic E-state index is 9.75. The molecule has 98 valence electrons. The molecular weight excluding hydrogens is 323 g/mol. The van der Waals surface area contributed by atoms with Gasteiger partial charge in [-0.25, -0.2) is 0 Å². The molecule has 0 saturated heterocycles. The van der Waals surface area contributed by atoms with Crippen molar-refractivity contribution in [3.63, 3.8) is 0 Å². The first-order valence-electron chi connectivity index (χ1n) is 4.93. The largest absolute Gasteiger partial charge is 0.503 e. The highest BCUT2D eigenvalue weighted by Crippen LogP contribution is 2.41. The fourth-order valence-corrected chi connectivity index (χ4v) is 1.74. The summed E-state index contributed by atoms with van der Waals surface area (Å²) in [5, 5.41) is 17.0. The second kappa shape index (κ2) is 6.46. The molecule has 0 atom stereocenters. The van der Waals surface area contributed by atoms with Crippen molar-refractivity contribution in [3.05, 3.63) is 21.1 Å². The number of phenolic OH excluding ortho intramolecular Hbond substituents is 1. The third kappa shape index (κ3) is 3.51. The van der Waals surface area contributed by atoms with E-state index >= 15 is 0 Å². The zero-order valence-corrected chi connectivity index (χ0v) is 11.9. The molecule has 1 rings (SSSR count). The Hall–Kier alpha value is -1.47. The van der Waals surface area contributed by atoms with Crippen molar-refractivity contribution in [2.24, 2.45) is 21.7 Å². The first-order chi connectivity index (χ1) is 8.47. The van der Waals surface area contributed by atoms with Crippen LogP contribution in [-0.4, -0.2) is 23.9 Å². The van der Waals surface area contributed by atoms with Crippen molar-refractivity contribution in [1.29, 1.82) is 0 Å². The molecule has 0 radical (unpaired) electrons. The Morgan fingerprint density at radius 3 is 2.83 bits per heavy atom. The number of rotatable bonds is 4. The number of nitrogens with zero attached hydrogens (tertiary/aromatic N) is 2. The SMILES string of the molecule is CCOc1cc(C=NN=C(N)N)c(Br)c(Cl)c1O. The summed E-state index contributed by atoms with van der Waals surface area (Å²) in [7, 11) is 0. The minimum Gasteiger partial charge on any atom is -0.503 e. The molecule has 1 aromatic rings. The van der Waals surface area contributed by atoms with Crippen LogP contribution in [-0.2, 0) is 0 Å². The third-order valence-electron chi connectivity index (χ3n) is 1.84. The summed E-state index contributed by atoms with van der Waals surface area (Å²) in [6, 6.07) is 1.57. The number of benzene rings is 1. The Morgan fingerprint density at radius 1 is 1.61 bits per heavy atom. The molecule has 0 heterocycles. The summed E-state index contributed by atoms with van der Waals surface area (Å²) >= 11 is 9.18. The van der Waals surface area contributed by atoms with Gasteiger partial charge in [0.1, 0.15) is 5.02 Å². The molecule has 0 bridgehead atoms. The smallest absolute Gasteiger partial charge is 0.211 e. The Balaban J connectivity index is 3.19. The van der Waals surface area contributed by atoms with Crippen LogP contribution in [0.3, 0.4) is 0 Å². The molecule has 18 heavy (non-hydrogen) atoms. The monoisotopic (exact) mass is 334 g/mol. The van der Waals surface area contributed by atoms with Crippen LogP contribution in [0.15, 0.2) is 20.7 Å². The average molecular weight is 336 g/mol. The van der Waals surface area contributed by atoms with Gasteiger partial charge in [0.25, 0.3) is 0 Å². The number of ether oxygens (including phenoxy) is 1. The quantitative estimate of drug-likeness (QED) is 0.443. The van der Waals surface area contributed by atoms with Gasteiger partial charge < -0.3 is 21.3 Å². The van der Waals surface area contributed by atoms with Gasteiger partial charge in [-0.1, -0.05) is 11.6 Å². The Bertz CT molecular complexity index is 501. The van der Waals surface area contributed by atoms with Crippen LogP contribution < -0.4 is 16.2 Å². The lowest BCUT2D eigenvalue weighted by Gasteiger charge is -2.10. The average Bonchev–Trinajstić information content (AvgIpc) is 2.32. The minimum absolute atomic E-state index is 0.132. The van der Waals surface area contributed by atoms with E-state index in [1.165, 1.54) is 6.21 Å². The predicted octanol–water partition coefficient (Wildman–Crippen LogP) is 1.81. The normalized spacial score (nSPS) is 10.6. The van der Waals surface area contributed by atoms with Crippen LogP contribution in [0, 0.1) is 0 Å². The van der Waals surface area contributed by atoms with E-state index in [-0.39, 0.29) is 22.5 Å². The Morgan fingerprint density at radius 2 is 2.28 bits per heavy atom. The Kier molecular flexibility index (Phi) is 5.24. The molecule has 0 fully saturated rings. The topological polar surface area (TPSA) is 106 Å². The lowest BCUT2D eigenvalue weighted by molar-refractivity contribution is 0.318. The molecular formula is C10H12BrClN4O2. The summed E-state index contributed by atoms with van der Waals surface area (Å²) in [6.07, 6.45) is 1.39. The van der Waals surface area contributed by atoms with Crippen molar-refractivity contribution in [3.8, 4) is 11.5 Å². The van der Waals surface area contributed by atoms with Gasteiger partial charge in [-0.15, -0.1) is 5.10 Å². The molecule has 0 spiro atoms. The van der Waals surface area contributed by atoms with Crippen molar-refractivity contribution in [1.82, 2.24) is 0 Å². The summed E-state index contributed by atoms with van der Waals surface area (Å²) in [6.45, 7) is 2.19. The van der Waals surface area contributed by atoms with Crippen molar-refractivity contribution < 1.29 is 9.84 Å². The number of halogens is 2. The van der Waals surface area contributed by atoms with Gasteiger partial charge in [-0.05, 0) is 28.9 Å². The highest BCUT2D eigenvalue weighted by Gasteiger charge is 2.14. The number of guanidine groups is 1. The van der Waals surface area contributed by atoms with Crippen LogP contribution in [0.25, 0.3) is 0 Å². The molecule has 0 amide bonds. The van der Waals surface area contributed by atoms with Crippen LogP contribution in [0.5, 0.6) is 11.5 Å². The van der Waals surface area contributed by atoms with E-state index in [0.29, 0.717) is 16.6 Å². The molecule has 1 aromatic carbocycles. The highest BCUT2D eigenvalue weighted by atomic mass is 79.9. The maximum Gasteiger partial charge on any atom is 0.211 e. The highest BCUT2D eigenvalue weighted by molar-refractivity contribution is 9.10. The van der Waals surface area contributed by atoms with Gasteiger partial charge in [0.05, 0.1) is 12.8 Å². The van der Waals surface area contributed by atoms with Gasteiger partial charge in [-0.2, -0.15) is 5.10 Å². The van der Waals surface area contributed by atoms with Crippen molar-refractivity contribution in [2.75, 3.05) is 6.61 Å². The van der Waals surface area contributed by atoms with Crippen LogP contribution in [0.2, 0.25) is 5.02 Å². The fourth-order valence-electron chi connectivity index (χ4n) is 1.13. The number of aromatic hydroxyl groups is 1. The van der Waals surface area contributed by atoms with E-state index in [1.807, 2.05) is 0 Å². The third-order valence-corrected chi connectivity index (χ3v) is 3.29. The molecule has 8 heteroatoms. The minimum atomic E-state index is -0.155. The van der Waals surface area contributed by atoms with E-state index in [1.54, 1.807) is 13.0 Å². The first-order valence-corrected chi connectivity index (χ1v) is 6.10. The van der Waals surface area contributed by atoms with Crippen LogP contribution >= 0.6 is 27.5 Å². The van der Waals surface area contributed by atoms with Gasteiger partial charge in [0.15, 0.2) is 11.5 Å². The van der Waals surface area contributed by atoms with Crippen LogP contribution in [0.4, 0.5) is 0 Å². The molecule has 0 saturated carbocycles. The maximum atomic E-state index is 9.75. The van der Waals surface area contributed by atoms with Gasteiger partial charge >= 0.3 is 0 Å². The lowest BCUT2D eigenvalue weighted by Crippen LogP contribution is -2.21. The number of hydrogen-bond donors (Lipinski definition) is 3. The molecule has 6 nitrogen and oxygen atoms in total. The zero-order valence-electron chi connectivity index (χ0n) is 9.52. The fraction of sp³-hybridized carbons (Fsp3) is 0.200. The number of nitrogens with two attached hydrogens (primary N) is 2. The molecule has 0 aliphatic rings. The number of hydrogen-bond acceptors (Lipinski definition) is 4. The van der Waals surface area contributed by atoms with E-state index in [9.17, 15) is 5.11 Å². The predicted molar refractivity (Wildman–Crippen MR) is 75.4 cm³/mol. The van der Waals surface area contributed by atoms with Crippen molar-refractivity contribution in [2.45, 2.75) is 6.92 Å². The standard InChI is InChI=1S/C10H12BrClN4O2/c1-2-18-6-3-5(4-15-16-10(13)14)7(11)8(12)9(6)17/h3-4,17H,2H2,1H3,(H4,13,14,16). The second-order valence-corrected chi connectivity index (χ2v) is 4.31. The summed E-state index contributed by atoms with van der Waals surface area (Å²) in [5.74, 6) is -0.0292. The zero-order chi connectivity index (χ0) is 13.7. The lowest BCUT2D eigenvalue weighted by atomic mass is 10.2. The summed E-state index contributed by atoms with van der Waals surface area (Å²) < 4.78 is 5.71. The summed E-state index contributed by atoms with van der Waals surface area (Å²) in [4.78, 5) is 0. The molecule has 0 aliphatic carbocycles. The molecule has 0 aliphatic heterocycles. The molecule has 0 aromatic heterocycles. The van der Waals surface area contributed by atoms with Crippen molar-refractivity contribution >= 4 is 39.7 Å². The summed E-state index contributed by atoms with van der Waals surface area (Å²) in [5.41, 5.74) is 10.9. The Labute approximate surface area is 117 Å². The number of phenols is 1. The van der Waals surface area contributed by atoms with Gasteiger partial charge in [0, 0.05) is 10.0 Å².